The average molecular weight is 348 g/mol. The van der Waals surface area contributed by atoms with E-state index in [0.29, 0.717) is 6.10 Å². The van der Waals surface area contributed by atoms with Gasteiger partial charge in [-0.15, -0.1) is 0 Å². The first-order chi connectivity index (χ1) is 7.66. The fourth-order valence-electron chi connectivity index (χ4n) is 2.28. The predicted octanol–water partition coefficient (Wildman–Crippen LogP) is 4.18. The summed E-state index contributed by atoms with van der Waals surface area (Å²) >= 11 is 7.12. The lowest BCUT2D eigenvalue weighted by atomic mass is 9.78. The highest BCUT2D eigenvalue weighted by Crippen LogP contribution is 2.39. The summed E-state index contributed by atoms with van der Waals surface area (Å²) < 4.78 is 6.86. The van der Waals surface area contributed by atoms with Crippen molar-refractivity contribution in [3.8, 4) is 0 Å². The smallest absolute Gasteiger partial charge is 0.0615 e. The van der Waals surface area contributed by atoms with Crippen LogP contribution >= 0.6 is 31.9 Å². The van der Waals surface area contributed by atoms with Crippen LogP contribution in [-0.4, -0.2) is 18.0 Å². The molecule has 0 aliphatic carbocycles. The Bertz CT molecular complexity index is 349. The minimum Gasteiger partial charge on any atom is -0.378 e. The Hall–Kier alpha value is 0.140. The first-order valence-electron chi connectivity index (χ1n) is 5.58. The number of hydrogen-bond acceptors (Lipinski definition) is 1. The number of hydrogen-bond donors (Lipinski definition) is 0. The first kappa shape index (κ1) is 12.6. The van der Waals surface area contributed by atoms with Crippen molar-refractivity contribution in [2.75, 3.05) is 11.9 Å². The third-order valence-electron chi connectivity index (χ3n) is 3.57. The van der Waals surface area contributed by atoms with Crippen LogP contribution in [0.25, 0.3) is 0 Å². The van der Waals surface area contributed by atoms with E-state index in [-0.39, 0.29) is 5.41 Å². The van der Waals surface area contributed by atoms with Gasteiger partial charge in [0.15, 0.2) is 0 Å². The fourth-order valence-corrected chi connectivity index (χ4v) is 3.48. The molecule has 0 amide bonds. The quantitative estimate of drug-likeness (QED) is 0.745. The van der Waals surface area contributed by atoms with E-state index in [4.69, 9.17) is 4.74 Å². The fraction of sp³-hybridized carbons (Fsp3) is 0.538. The zero-order valence-electron chi connectivity index (χ0n) is 9.38. The average Bonchev–Trinajstić information content (AvgIpc) is 2.64. The number of ether oxygens (including phenoxy) is 1. The molecule has 1 aliphatic rings. The Kier molecular flexibility index (Phi) is 4.09. The van der Waals surface area contributed by atoms with Crippen LogP contribution in [0.2, 0.25) is 0 Å². The molecule has 1 aliphatic heterocycles. The summed E-state index contributed by atoms with van der Waals surface area (Å²) in [6, 6.07) is 8.61. The van der Waals surface area contributed by atoms with Gasteiger partial charge in [0, 0.05) is 21.8 Å². The Morgan fingerprint density at radius 3 is 2.56 bits per heavy atom. The minimum atomic E-state index is 0.272. The molecule has 1 aromatic rings. The molecule has 2 atom stereocenters. The summed E-state index contributed by atoms with van der Waals surface area (Å²) in [6.45, 7) is 3.08. The van der Waals surface area contributed by atoms with Gasteiger partial charge >= 0.3 is 0 Å². The normalized spacial score (nSPS) is 29.6. The minimum absolute atomic E-state index is 0.272. The molecular weight excluding hydrogens is 332 g/mol. The van der Waals surface area contributed by atoms with Gasteiger partial charge in [-0.05, 0) is 37.5 Å². The summed E-state index contributed by atoms with van der Waals surface area (Å²) in [7, 11) is 0. The molecule has 1 heterocycles. The van der Waals surface area contributed by atoms with Gasteiger partial charge in [0.1, 0.15) is 0 Å². The van der Waals surface area contributed by atoms with Gasteiger partial charge in [-0.3, -0.25) is 0 Å². The van der Waals surface area contributed by atoms with Crippen LogP contribution in [-0.2, 0) is 11.2 Å². The molecule has 0 aromatic heterocycles. The number of rotatable bonds is 3. The molecule has 0 radical (unpaired) electrons. The second-order valence-corrected chi connectivity index (χ2v) is 6.04. The zero-order valence-corrected chi connectivity index (χ0v) is 12.6. The third-order valence-corrected chi connectivity index (χ3v) is 5.21. The molecule has 1 nitrogen and oxygen atoms in total. The predicted molar refractivity (Wildman–Crippen MR) is 74.1 cm³/mol. The number of halogens is 2. The lowest BCUT2D eigenvalue weighted by Gasteiger charge is -2.30. The van der Waals surface area contributed by atoms with Gasteiger partial charge in [-0.1, -0.05) is 44.0 Å². The third kappa shape index (κ3) is 2.52. The Morgan fingerprint density at radius 2 is 2.06 bits per heavy atom. The zero-order chi connectivity index (χ0) is 11.6. The van der Waals surface area contributed by atoms with Crippen molar-refractivity contribution >= 4 is 31.9 Å². The second kappa shape index (κ2) is 5.19. The highest BCUT2D eigenvalue weighted by Gasteiger charge is 2.40. The van der Waals surface area contributed by atoms with Gasteiger partial charge in [-0.25, -0.2) is 0 Å². The summed E-state index contributed by atoms with van der Waals surface area (Å²) in [6.07, 6.45) is 2.58. The number of benzene rings is 1. The van der Waals surface area contributed by atoms with Crippen LogP contribution in [0.3, 0.4) is 0 Å². The molecule has 0 spiro atoms. The van der Waals surface area contributed by atoms with Crippen molar-refractivity contribution in [2.45, 2.75) is 25.9 Å². The summed E-state index contributed by atoms with van der Waals surface area (Å²) in [5, 5.41) is 1.01. The Morgan fingerprint density at radius 1 is 1.38 bits per heavy atom. The standard InChI is InChI=1S/C13H16Br2O/c1-10-13(9-14,6-7-16-10)8-11-2-4-12(15)5-3-11/h2-5,10H,6-9H2,1H3. The van der Waals surface area contributed by atoms with Gasteiger partial charge in [0.2, 0.25) is 0 Å². The van der Waals surface area contributed by atoms with Crippen LogP contribution in [0.4, 0.5) is 0 Å². The maximum atomic E-state index is 5.72. The van der Waals surface area contributed by atoms with Crippen molar-refractivity contribution in [1.29, 1.82) is 0 Å². The van der Waals surface area contributed by atoms with Crippen LogP contribution in [0.5, 0.6) is 0 Å². The molecule has 1 fully saturated rings. The van der Waals surface area contributed by atoms with Crippen molar-refractivity contribution in [3.05, 3.63) is 34.3 Å². The highest BCUT2D eigenvalue weighted by atomic mass is 79.9. The largest absolute Gasteiger partial charge is 0.378 e. The molecule has 2 unspecified atom stereocenters. The maximum absolute atomic E-state index is 5.72. The van der Waals surface area contributed by atoms with Gasteiger partial charge in [0.05, 0.1) is 6.10 Å². The van der Waals surface area contributed by atoms with Crippen molar-refractivity contribution in [3.63, 3.8) is 0 Å². The second-order valence-electron chi connectivity index (χ2n) is 4.56. The molecule has 16 heavy (non-hydrogen) atoms. The molecule has 1 saturated heterocycles. The molecule has 3 heteroatoms. The van der Waals surface area contributed by atoms with Crippen LogP contribution in [0.1, 0.15) is 18.9 Å². The van der Waals surface area contributed by atoms with E-state index in [1.807, 2.05) is 0 Å². The van der Waals surface area contributed by atoms with E-state index in [9.17, 15) is 0 Å². The van der Waals surface area contributed by atoms with E-state index >= 15 is 0 Å². The lowest BCUT2D eigenvalue weighted by molar-refractivity contribution is 0.0746. The van der Waals surface area contributed by atoms with Gasteiger partial charge in [-0.2, -0.15) is 0 Å². The van der Waals surface area contributed by atoms with E-state index in [1.54, 1.807) is 0 Å². The van der Waals surface area contributed by atoms with Crippen LogP contribution < -0.4 is 0 Å². The summed E-state index contributed by atoms with van der Waals surface area (Å²) in [4.78, 5) is 0. The summed E-state index contributed by atoms with van der Waals surface area (Å²) in [5.74, 6) is 0. The molecule has 88 valence electrons. The topological polar surface area (TPSA) is 9.23 Å². The van der Waals surface area contributed by atoms with Crippen LogP contribution in [0.15, 0.2) is 28.7 Å². The SMILES string of the molecule is CC1OCCC1(CBr)Cc1ccc(Br)cc1. The van der Waals surface area contributed by atoms with Crippen LogP contribution in [0, 0.1) is 5.41 Å². The van der Waals surface area contributed by atoms with E-state index in [1.165, 1.54) is 5.56 Å². The van der Waals surface area contributed by atoms with Gasteiger partial charge < -0.3 is 4.74 Å². The highest BCUT2D eigenvalue weighted by molar-refractivity contribution is 9.10. The van der Waals surface area contributed by atoms with E-state index in [2.05, 4.69) is 63.0 Å². The Balaban J connectivity index is 2.15. The monoisotopic (exact) mass is 346 g/mol. The first-order valence-corrected chi connectivity index (χ1v) is 7.50. The lowest BCUT2D eigenvalue weighted by Crippen LogP contribution is -2.32. The van der Waals surface area contributed by atoms with Crippen molar-refractivity contribution < 1.29 is 4.74 Å². The van der Waals surface area contributed by atoms with E-state index < -0.39 is 0 Å². The van der Waals surface area contributed by atoms with Gasteiger partial charge in [0.25, 0.3) is 0 Å². The maximum Gasteiger partial charge on any atom is 0.0615 e. The van der Waals surface area contributed by atoms with Crippen molar-refractivity contribution in [1.82, 2.24) is 0 Å². The molecule has 0 bridgehead atoms. The van der Waals surface area contributed by atoms with E-state index in [0.717, 1.165) is 29.3 Å². The molecule has 0 saturated carbocycles. The molecule has 2 rings (SSSR count). The molecular formula is C13H16Br2O. The van der Waals surface area contributed by atoms with Crippen molar-refractivity contribution in [2.24, 2.45) is 5.41 Å². The number of alkyl halides is 1. The molecule has 1 aromatic carbocycles. The molecule has 0 N–H and O–H groups in total. The summed E-state index contributed by atoms with van der Waals surface area (Å²) in [5.41, 5.74) is 1.66. The Labute approximate surface area is 114 Å².